The smallest absolute Gasteiger partial charge is 0.161 e. The molecule has 0 unspecified atom stereocenters. The van der Waals surface area contributed by atoms with Gasteiger partial charge in [-0.1, -0.05) is 11.6 Å². The molecule has 1 N–H and O–H groups in total. The number of fused-ring (bicyclic) bond motifs is 1. The number of aromatic nitrogens is 3. The Labute approximate surface area is 121 Å². The van der Waals surface area contributed by atoms with Crippen LogP contribution < -0.4 is 5.32 Å². The Morgan fingerprint density at radius 3 is 2.55 bits per heavy atom. The van der Waals surface area contributed by atoms with Crippen molar-refractivity contribution in [1.29, 1.82) is 0 Å². The quantitative estimate of drug-likeness (QED) is 0.771. The van der Waals surface area contributed by atoms with Crippen LogP contribution in [0.1, 0.15) is 11.4 Å². The molecule has 0 radical (unpaired) electrons. The van der Waals surface area contributed by atoms with E-state index in [0.29, 0.717) is 5.02 Å². The molecule has 0 bridgehead atoms. The Morgan fingerprint density at radius 1 is 1.00 bits per heavy atom. The molecular weight excluding hydrogens is 272 g/mol. The van der Waals surface area contributed by atoms with Crippen LogP contribution in [0.5, 0.6) is 0 Å². The second-order valence-corrected chi connectivity index (χ2v) is 5.06. The molecule has 3 heterocycles. The average Bonchev–Trinajstić information content (AvgIpc) is 2.40. The minimum atomic E-state index is 0.614. The number of nitrogens with one attached hydrogen (secondary N) is 1. The third kappa shape index (κ3) is 2.56. The van der Waals surface area contributed by atoms with Crippen molar-refractivity contribution in [3.63, 3.8) is 0 Å². The fourth-order valence-electron chi connectivity index (χ4n) is 2.02. The molecule has 0 saturated heterocycles. The molecule has 3 aromatic rings. The average molecular weight is 285 g/mol. The summed E-state index contributed by atoms with van der Waals surface area (Å²) in [6.45, 7) is 3.90. The van der Waals surface area contributed by atoms with Gasteiger partial charge in [0.1, 0.15) is 5.82 Å². The molecule has 5 heteroatoms. The normalized spacial score (nSPS) is 10.8. The van der Waals surface area contributed by atoms with Crippen LogP contribution in [0.4, 0.5) is 11.5 Å². The topological polar surface area (TPSA) is 50.7 Å². The molecule has 0 aliphatic carbocycles. The van der Waals surface area contributed by atoms with Gasteiger partial charge in [-0.25, -0.2) is 15.0 Å². The summed E-state index contributed by atoms with van der Waals surface area (Å²) in [5, 5.41) is 4.87. The van der Waals surface area contributed by atoms with Crippen LogP contribution in [0.2, 0.25) is 5.02 Å². The predicted molar refractivity (Wildman–Crippen MR) is 81.5 cm³/mol. The van der Waals surface area contributed by atoms with Crippen molar-refractivity contribution in [1.82, 2.24) is 15.0 Å². The summed E-state index contributed by atoms with van der Waals surface area (Å²) >= 11 is 5.84. The number of aryl methyl sites for hydroxylation is 2. The number of hydrogen-bond acceptors (Lipinski definition) is 4. The van der Waals surface area contributed by atoms with Crippen LogP contribution >= 0.6 is 11.6 Å². The van der Waals surface area contributed by atoms with E-state index >= 15 is 0 Å². The fourth-order valence-corrected chi connectivity index (χ4v) is 2.13. The van der Waals surface area contributed by atoms with Crippen molar-refractivity contribution in [2.45, 2.75) is 13.8 Å². The number of halogens is 1. The number of anilines is 2. The Balaban J connectivity index is 2.08. The van der Waals surface area contributed by atoms with Gasteiger partial charge in [0.05, 0.1) is 10.7 Å². The number of pyridine rings is 3. The van der Waals surface area contributed by atoms with E-state index < -0.39 is 0 Å². The van der Waals surface area contributed by atoms with Crippen LogP contribution in [0.15, 0.2) is 36.5 Å². The second-order valence-electron chi connectivity index (χ2n) is 4.62. The molecule has 3 aromatic heterocycles. The van der Waals surface area contributed by atoms with Gasteiger partial charge in [0.25, 0.3) is 0 Å². The van der Waals surface area contributed by atoms with Gasteiger partial charge in [-0.15, -0.1) is 0 Å². The van der Waals surface area contributed by atoms with Crippen LogP contribution in [0.25, 0.3) is 11.0 Å². The number of hydrogen-bond donors (Lipinski definition) is 1. The summed E-state index contributed by atoms with van der Waals surface area (Å²) in [5.41, 5.74) is 3.54. The SMILES string of the molecule is Cc1ccc2c(Nc3ccc(Cl)cn3)cc(C)nc2n1. The van der Waals surface area contributed by atoms with Crippen molar-refractivity contribution < 1.29 is 0 Å². The van der Waals surface area contributed by atoms with Crippen molar-refractivity contribution in [2.75, 3.05) is 5.32 Å². The Kier molecular flexibility index (Phi) is 3.24. The lowest BCUT2D eigenvalue weighted by Crippen LogP contribution is -1.98. The minimum Gasteiger partial charge on any atom is -0.340 e. The maximum Gasteiger partial charge on any atom is 0.161 e. The van der Waals surface area contributed by atoms with Crippen LogP contribution in [0.3, 0.4) is 0 Å². The van der Waals surface area contributed by atoms with E-state index in [1.807, 2.05) is 38.1 Å². The highest BCUT2D eigenvalue weighted by Crippen LogP contribution is 2.25. The zero-order valence-corrected chi connectivity index (χ0v) is 11.9. The Morgan fingerprint density at radius 2 is 1.80 bits per heavy atom. The highest BCUT2D eigenvalue weighted by molar-refractivity contribution is 6.30. The van der Waals surface area contributed by atoms with E-state index in [4.69, 9.17) is 11.6 Å². The first-order chi connectivity index (χ1) is 9.61. The molecule has 0 amide bonds. The number of nitrogens with zero attached hydrogens (tertiary/aromatic N) is 3. The first kappa shape index (κ1) is 12.8. The molecule has 0 aliphatic rings. The second kappa shape index (κ2) is 5.06. The molecule has 3 rings (SSSR count). The van der Waals surface area contributed by atoms with E-state index in [2.05, 4.69) is 20.3 Å². The Bertz CT molecular complexity index is 763. The maximum atomic E-state index is 5.84. The van der Waals surface area contributed by atoms with Gasteiger partial charge >= 0.3 is 0 Å². The van der Waals surface area contributed by atoms with Gasteiger partial charge in [0.15, 0.2) is 5.65 Å². The van der Waals surface area contributed by atoms with E-state index in [9.17, 15) is 0 Å². The fraction of sp³-hybridized carbons (Fsp3) is 0.133. The summed E-state index contributed by atoms with van der Waals surface area (Å²) < 4.78 is 0. The summed E-state index contributed by atoms with van der Waals surface area (Å²) in [6, 6.07) is 9.61. The van der Waals surface area contributed by atoms with Gasteiger partial charge in [-0.05, 0) is 44.2 Å². The summed E-state index contributed by atoms with van der Waals surface area (Å²) in [4.78, 5) is 13.2. The largest absolute Gasteiger partial charge is 0.340 e. The molecule has 0 spiro atoms. The van der Waals surface area contributed by atoms with E-state index in [1.54, 1.807) is 12.3 Å². The molecule has 0 fully saturated rings. The lowest BCUT2D eigenvalue weighted by molar-refractivity contribution is 1.16. The van der Waals surface area contributed by atoms with Crippen LogP contribution in [0, 0.1) is 13.8 Å². The molecule has 20 heavy (non-hydrogen) atoms. The summed E-state index contributed by atoms with van der Waals surface area (Å²) in [7, 11) is 0. The predicted octanol–water partition coefficient (Wildman–Crippen LogP) is 4.04. The highest BCUT2D eigenvalue weighted by Gasteiger charge is 2.06. The van der Waals surface area contributed by atoms with Gasteiger partial charge < -0.3 is 5.32 Å². The third-order valence-corrected chi connectivity index (χ3v) is 3.15. The highest BCUT2D eigenvalue weighted by atomic mass is 35.5. The zero-order chi connectivity index (χ0) is 14.1. The minimum absolute atomic E-state index is 0.614. The van der Waals surface area contributed by atoms with Crippen molar-refractivity contribution >= 4 is 34.1 Å². The molecule has 4 nitrogen and oxygen atoms in total. The molecule has 100 valence electrons. The molecular formula is C15H13ClN4. The first-order valence-electron chi connectivity index (χ1n) is 6.25. The van der Waals surface area contributed by atoms with E-state index in [0.717, 1.165) is 33.9 Å². The standard InChI is InChI=1S/C15H13ClN4/c1-9-3-5-12-13(7-10(2)19-15(12)18-9)20-14-6-4-11(16)8-17-14/h3-8H,1-2H3,(H,17,18,19,20). The van der Waals surface area contributed by atoms with Gasteiger partial charge in [-0.2, -0.15) is 0 Å². The van der Waals surface area contributed by atoms with E-state index in [1.165, 1.54) is 0 Å². The van der Waals surface area contributed by atoms with E-state index in [-0.39, 0.29) is 0 Å². The first-order valence-corrected chi connectivity index (χ1v) is 6.63. The lowest BCUT2D eigenvalue weighted by Gasteiger charge is -2.10. The molecule has 0 aromatic carbocycles. The van der Waals surface area contributed by atoms with Crippen molar-refractivity contribution in [3.8, 4) is 0 Å². The van der Waals surface area contributed by atoms with Gasteiger partial charge in [0, 0.05) is 23.0 Å². The van der Waals surface area contributed by atoms with Crippen LogP contribution in [-0.4, -0.2) is 15.0 Å². The molecule has 0 atom stereocenters. The van der Waals surface area contributed by atoms with Crippen molar-refractivity contribution in [3.05, 3.63) is 52.9 Å². The third-order valence-electron chi connectivity index (χ3n) is 2.93. The maximum absolute atomic E-state index is 5.84. The summed E-state index contributed by atoms with van der Waals surface area (Å²) in [6.07, 6.45) is 1.61. The zero-order valence-electron chi connectivity index (χ0n) is 11.2. The van der Waals surface area contributed by atoms with Crippen LogP contribution in [-0.2, 0) is 0 Å². The molecule has 0 saturated carbocycles. The van der Waals surface area contributed by atoms with Crippen molar-refractivity contribution in [2.24, 2.45) is 0 Å². The Hall–Kier alpha value is -2.20. The monoisotopic (exact) mass is 284 g/mol. The lowest BCUT2D eigenvalue weighted by atomic mass is 10.2. The van der Waals surface area contributed by atoms with Gasteiger partial charge in [0.2, 0.25) is 0 Å². The number of rotatable bonds is 2. The van der Waals surface area contributed by atoms with Gasteiger partial charge in [-0.3, -0.25) is 0 Å². The summed E-state index contributed by atoms with van der Waals surface area (Å²) in [5.74, 6) is 0.738. The molecule has 0 aliphatic heterocycles.